The number of carbonyl (C=O) groups is 1. The van der Waals surface area contributed by atoms with Gasteiger partial charge >= 0.3 is 0 Å². The molecule has 0 atom stereocenters. The zero-order chi connectivity index (χ0) is 18.2. The number of rotatable bonds is 3. The highest BCUT2D eigenvalue weighted by Crippen LogP contribution is 2.24. The minimum absolute atomic E-state index is 0.101. The molecule has 1 fully saturated rings. The topological polar surface area (TPSA) is 83.7 Å². The van der Waals surface area contributed by atoms with Gasteiger partial charge in [0.2, 0.25) is 10.0 Å². The Morgan fingerprint density at radius 3 is 2.44 bits per heavy atom. The van der Waals surface area contributed by atoms with Gasteiger partial charge in [-0.1, -0.05) is 27.2 Å². The molecule has 134 valence electrons. The van der Waals surface area contributed by atoms with E-state index in [2.05, 4.69) is 21.1 Å². The van der Waals surface area contributed by atoms with Crippen molar-refractivity contribution in [3.8, 4) is 0 Å². The molecule has 0 aliphatic carbocycles. The van der Waals surface area contributed by atoms with Gasteiger partial charge in [0.1, 0.15) is 10.6 Å². The van der Waals surface area contributed by atoms with Crippen molar-refractivity contribution in [2.45, 2.75) is 18.7 Å². The maximum atomic E-state index is 12.8. The molecule has 0 radical (unpaired) electrons. The Morgan fingerprint density at radius 2 is 1.88 bits per heavy atom. The molecule has 0 saturated carbocycles. The maximum Gasteiger partial charge on any atom is 0.253 e. The Kier molecular flexibility index (Phi) is 4.99. The van der Waals surface area contributed by atoms with Gasteiger partial charge in [-0.05, 0) is 32.0 Å². The van der Waals surface area contributed by atoms with E-state index in [1.165, 1.54) is 4.31 Å². The quantitative estimate of drug-likeness (QED) is 0.749. The van der Waals surface area contributed by atoms with E-state index in [1.54, 1.807) is 36.9 Å². The summed E-state index contributed by atoms with van der Waals surface area (Å²) in [6, 6.07) is 7.16. The fraction of sp³-hybridized carbons (Fsp3) is 0.375. The summed E-state index contributed by atoms with van der Waals surface area (Å²) < 4.78 is 32.8. The van der Waals surface area contributed by atoms with Gasteiger partial charge in [-0.25, -0.2) is 8.42 Å². The van der Waals surface area contributed by atoms with Crippen molar-refractivity contribution in [2.75, 3.05) is 26.2 Å². The fourth-order valence-electron chi connectivity index (χ4n) is 2.91. The van der Waals surface area contributed by atoms with Crippen LogP contribution in [0.1, 0.15) is 21.8 Å². The van der Waals surface area contributed by atoms with Crippen molar-refractivity contribution in [3.05, 3.63) is 45.8 Å². The highest BCUT2D eigenvalue weighted by atomic mass is 79.9. The van der Waals surface area contributed by atoms with E-state index in [9.17, 15) is 13.2 Å². The molecule has 1 amide bonds. The molecule has 0 spiro atoms. The van der Waals surface area contributed by atoms with Gasteiger partial charge in [0.15, 0.2) is 5.76 Å². The summed E-state index contributed by atoms with van der Waals surface area (Å²) in [5.41, 5.74) is 0.932. The summed E-state index contributed by atoms with van der Waals surface area (Å²) in [6.45, 7) is 4.36. The molecule has 0 bridgehead atoms. The van der Waals surface area contributed by atoms with E-state index in [1.807, 2.05) is 6.07 Å². The highest BCUT2D eigenvalue weighted by Gasteiger charge is 2.34. The van der Waals surface area contributed by atoms with Crippen LogP contribution in [0, 0.1) is 13.8 Å². The summed E-state index contributed by atoms with van der Waals surface area (Å²) >= 11 is 3.35. The standard InChI is InChI=1S/C16H18BrN3O4S/c1-11-15(12(2)24-18-11)25(22,23)20-8-6-19(7-9-20)16(21)13-4-3-5-14(17)10-13/h3-5,10H,6-9H2,1-2H3. The predicted octanol–water partition coefficient (Wildman–Crippen LogP) is 2.20. The summed E-state index contributed by atoms with van der Waals surface area (Å²) in [6.07, 6.45) is 0. The first-order valence-electron chi connectivity index (χ1n) is 7.78. The van der Waals surface area contributed by atoms with Crippen molar-refractivity contribution in [2.24, 2.45) is 0 Å². The van der Waals surface area contributed by atoms with Crippen LogP contribution in [0.3, 0.4) is 0 Å². The van der Waals surface area contributed by atoms with Crippen LogP contribution in [-0.2, 0) is 10.0 Å². The molecule has 2 aromatic rings. The second-order valence-corrected chi connectivity index (χ2v) is 8.65. The Morgan fingerprint density at radius 1 is 1.20 bits per heavy atom. The average molecular weight is 428 g/mol. The largest absolute Gasteiger partial charge is 0.360 e. The van der Waals surface area contributed by atoms with Crippen LogP contribution in [0.2, 0.25) is 0 Å². The normalized spacial score (nSPS) is 16.2. The summed E-state index contributed by atoms with van der Waals surface area (Å²) in [7, 11) is -3.67. The van der Waals surface area contributed by atoms with Gasteiger partial charge in [0, 0.05) is 36.2 Å². The lowest BCUT2D eigenvalue weighted by Crippen LogP contribution is -2.50. The zero-order valence-electron chi connectivity index (χ0n) is 13.9. The van der Waals surface area contributed by atoms with Crippen LogP contribution in [0.25, 0.3) is 0 Å². The number of carbonyl (C=O) groups excluding carboxylic acids is 1. The van der Waals surface area contributed by atoms with Crippen LogP contribution in [0.5, 0.6) is 0 Å². The fourth-order valence-corrected chi connectivity index (χ4v) is 5.02. The molecule has 3 rings (SSSR count). The van der Waals surface area contributed by atoms with Gasteiger partial charge in [0.25, 0.3) is 5.91 Å². The number of piperazine rings is 1. The minimum atomic E-state index is -3.67. The van der Waals surface area contributed by atoms with Crippen LogP contribution in [0.4, 0.5) is 0 Å². The van der Waals surface area contributed by atoms with Crippen LogP contribution < -0.4 is 0 Å². The van der Waals surface area contributed by atoms with Crippen molar-refractivity contribution >= 4 is 31.9 Å². The molecular formula is C16H18BrN3O4S. The lowest BCUT2D eigenvalue weighted by Gasteiger charge is -2.34. The molecule has 1 aromatic heterocycles. The van der Waals surface area contributed by atoms with E-state index < -0.39 is 10.0 Å². The first-order chi connectivity index (χ1) is 11.8. The van der Waals surface area contributed by atoms with Gasteiger partial charge in [-0.15, -0.1) is 0 Å². The molecular weight excluding hydrogens is 410 g/mol. The smallest absolute Gasteiger partial charge is 0.253 e. The number of benzene rings is 1. The van der Waals surface area contributed by atoms with E-state index in [-0.39, 0.29) is 29.7 Å². The molecule has 1 aliphatic heterocycles. The number of aromatic nitrogens is 1. The van der Waals surface area contributed by atoms with Gasteiger partial charge < -0.3 is 9.42 Å². The van der Waals surface area contributed by atoms with Crippen molar-refractivity contribution in [3.63, 3.8) is 0 Å². The third-order valence-electron chi connectivity index (χ3n) is 4.16. The third-order valence-corrected chi connectivity index (χ3v) is 6.80. The van der Waals surface area contributed by atoms with E-state index in [0.717, 1.165) is 4.47 Å². The average Bonchev–Trinajstić information content (AvgIpc) is 2.93. The maximum absolute atomic E-state index is 12.8. The number of hydrogen-bond acceptors (Lipinski definition) is 5. The molecule has 1 aliphatic rings. The first kappa shape index (κ1) is 18.1. The monoisotopic (exact) mass is 427 g/mol. The third kappa shape index (κ3) is 3.49. The summed E-state index contributed by atoms with van der Waals surface area (Å²) in [4.78, 5) is 14.3. The van der Waals surface area contributed by atoms with Crippen LogP contribution in [-0.4, -0.2) is 54.9 Å². The second kappa shape index (κ2) is 6.89. The molecule has 1 aromatic carbocycles. The van der Waals surface area contributed by atoms with Crippen LogP contribution >= 0.6 is 15.9 Å². The predicted molar refractivity (Wildman–Crippen MR) is 94.8 cm³/mol. The highest BCUT2D eigenvalue weighted by molar-refractivity contribution is 9.10. The van der Waals surface area contributed by atoms with Gasteiger partial charge in [-0.3, -0.25) is 4.79 Å². The Labute approximate surface area is 154 Å². The number of aryl methyl sites for hydroxylation is 2. The number of halogens is 1. The number of nitrogens with zero attached hydrogens (tertiary/aromatic N) is 3. The Balaban J connectivity index is 1.73. The lowest BCUT2D eigenvalue weighted by atomic mass is 10.2. The van der Waals surface area contributed by atoms with Crippen molar-refractivity contribution in [1.82, 2.24) is 14.4 Å². The van der Waals surface area contributed by atoms with Crippen molar-refractivity contribution < 1.29 is 17.7 Å². The molecule has 25 heavy (non-hydrogen) atoms. The minimum Gasteiger partial charge on any atom is -0.360 e. The van der Waals surface area contributed by atoms with E-state index >= 15 is 0 Å². The molecule has 7 nitrogen and oxygen atoms in total. The molecule has 0 unspecified atom stereocenters. The van der Waals surface area contributed by atoms with E-state index in [4.69, 9.17) is 4.52 Å². The number of amides is 1. The molecule has 0 N–H and O–H groups in total. The Bertz CT molecular complexity index is 882. The zero-order valence-corrected chi connectivity index (χ0v) is 16.3. The SMILES string of the molecule is Cc1noc(C)c1S(=O)(=O)N1CCN(C(=O)c2cccc(Br)c2)CC1. The first-order valence-corrected chi connectivity index (χ1v) is 10.0. The second-order valence-electron chi connectivity index (χ2n) is 5.86. The Hall–Kier alpha value is -1.71. The van der Waals surface area contributed by atoms with E-state index in [0.29, 0.717) is 24.3 Å². The molecule has 9 heteroatoms. The molecule has 2 heterocycles. The van der Waals surface area contributed by atoms with Gasteiger partial charge in [0.05, 0.1) is 0 Å². The summed E-state index contributed by atoms with van der Waals surface area (Å²) in [5, 5.41) is 3.72. The van der Waals surface area contributed by atoms with Crippen LogP contribution in [0.15, 0.2) is 38.2 Å². The molecule has 1 saturated heterocycles. The lowest BCUT2D eigenvalue weighted by molar-refractivity contribution is 0.0697. The number of hydrogen-bond donors (Lipinski definition) is 0. The summed E-state index contributed by atoms with van der Waals surface area (Å²) in [5.74, 6) is 0.181. The van der Waals surface area contributed by atoms with Crippen molar-refractivity contribution in [1.29, 1.82) is 0 Å². The van der Waals surface area contributed by atoms with Gasteiger partial charge in [-0.2, -0.15) is 4.31 Å². The number of sulfonamides is 1.